The number of carbonyl (C=O) groups is 3. The monoisotopic (exact) mass is 933 g/mol. The SMILES string of the molecule is CCc1c(-c2ccc(C(=O)NCCNC(=O)CCCCCCNC(=O)c3cc(OC4=NC5C(=CC(Cl)=C(c6ccc7c(ccn7C)c6)C5C)N4)ccc3C)nc2)cnc(N)c1-c1ccc(O)cc1. The maximum absolute atomic E-state index is 13.2. The molecular formula is C53H56ClN9O5. The maximum atomic E-state index is 13.2. The van der Waals surface area contributed by atoms with Gasteiger partial charge in [0.05, 0.1) is 0 Å². The molecule has 350 valence electrons. The molecule has 14 nitrogen and oxygen atoms in total. The number of nitrogens with zero attached hydrogens (tertiary/aromatic N) is 4. The first-order valence-electron chi connectivity index (χ1n) is 23.0. The van der Waals surface area contributed by atoms with E-state index >= 15 is 0 Å². The zero-order valence-electron chi connectivity index (χ0n) is 38.7. The van der Waals surface area contributed by atoms with Crippen molar-refractivity contribution in [3.05, 3.63) is 142 Å². The van der Waals surface area contributed by atoms with Gasteiger partial charge in [-0.25, -0.2) is 9.98 Å². The van der Waals surface area contributed by atoms with Crippen molar-refractivity contribution in [2.75, 3.05) is 25.4 Å². The van der Waals surface area contributed by atoms with Crippen molar-refractivity contribution < 1.29 is 24.2 Å². The molecule has 0 saturated carbocycles. The van der Waals surface area contributed by atoms with Crippen LogP contribution in [0.1, 0.15) is 83.5 Å². The number of anilines is 1. The van der Waals surface area contributed by atoms with E-state index < -0.39 is 0 Å². The average molecular weight is 935 g/mol. The highest BCUT2D eigenvalue weighted by molar-refractivity contribution is 6.34. The van der Waals surface area contributed by atoms with Crippen LogP contribution in [0.4, 0.5) is 5.82 Å². The number of aromatic hydroxyl groups is 1. The summed E-state index contributed by atoms with van der Waals surface area (Å²) in [6.45, 7) is 7.10. The van der Waals surface area contributed by atoms with E-state index in [1.165, 1.54) is 0 Å². The van der Waals surface area contributed by atoms with Crippen molar-refractivity contribution in [2.24, 2.45) is 18.0 Å². The normalized spacial score (nSPS) is 15.3. The summed E-state index contributed by atoms with van der Waals surface area (Å²) in [6.07, 6.45) is 11.5. The number of unbranched alkanes of at least 4 members (excludes halogenated alkanes) is 3. The Morgan fingerprint density at radius 2 is 1.60 bits per heavy atom. The highest BCUT2D eigenvalue weighted by Gasteiger charge is 2.36. The van der Waals surface area contributed by atoms with Crippen molar-refractivity contribution in [1.29, 1.82) is 0 Å². The van der Waals surface area contributed by atoms with Crippen LogP contribution in [0, 0.1) is 12.8 Å². The minimum Gasteiger partial charge on any atom is -0.508 e. The number of amides is 3. The summed E-state index contributed by atoms with van der Waals surface area (Å²) in [4.78, 5) is 52.3. The lowest BCUT2D eigenvalue weighted by molar-refractivity contribution is -0.121. The first kappa shape index (κ1) is 47.1. The van der Waals surface area contributed by atoms with Gasteiger partial charge in [-0.05, 0) is 109 Å². The molecule has 68 heavy (non-hydrogen) atoms. The summed E-state index contributed by atoms with van der Waals surface area (Å²) in [5, 5.41) is 23.6. The molecule has 4 heterocycles. The molecule has 3 aromatic heterocycles. The fourth-order valence-corrected chi connectivity index (χ4v) is 9.28. The summed E-state index contributed by atoms with van der Waals surface area (Å²) in [5.41, 5.74) is 16.3. The second-order valence-electron chi connectivity index (χ2n) is 17.2. The number of nitrogens with two attached hydrogens (primary N) is 1. The Morgan fingerprint density at radius 3 is 2.38 bits per heavy atom. The van der Waals surface area contributed by atoms with Crippen LogP contribution in [-0.4, -0.2) is 69.1 Å². The molecule has 2 unspecified atom stereocenters. The van der Waals surface area contributed by atoms with Crippen molar-refractivity contribution in [2.45, 2.75) is 65.3 Å². The number of aryl methyl sites for hydroxylation is 2. The minimum atomic E-state index is -0.345. The van der Waals surface area contributed by atoms with Crippen molar-refractivity contribution >= 4 is 57.6 Å². The van der Waals surface area contributed by atoms with E-state index in [0.29, 0.717) is 60.5 Å². The summed E-state index contributed by atoms with van der Waals surface area (Å²) >= 11 is 6.87. The Labute approximate surface area is 400 Å². The number of aromatic nitrogens is 3. The lowest BCUT2D eigenvalue weighted by Gasteiger charge is -2.26. The lowest BCUT2D eigenvalue weighted by atomic mass is 9.83. The zero-order chi connectivity index (χ0) is 47.9. The van der Waals surface area contributed by atoms with Gasteiger partial charge in [0.15, 0.2) is 0 Å². The molecule has 0 radical (unpaired) electrons. The Hall–Kier alpha value is -7.45. The fourth-order valence-electron chi connectivity index (χ4n) is 8.88. The molecule has 0 saturated heterocycles. The number of hydrogen-bond acceptors (Lipinski definition) is 10. The largest absolute Gasteiger partial charge is 0.508 e. The van der Waals surface area contributed by atoms with Gasteiger partial charge in [-0.15, -0.1) is 0 Å². The maximum Gasteiger partial charge on any atom is 0.295 e. The second kappa shape index (κ2) is 21.0. The smallest absolute Gasteiger partial charge is 0.295 e. The summed E-state index contributed by atoms with van der Waals surface area (Å²) in [7, 11) is 2.03. The molecule has 15 heteroatoms. The first-order chi connectivity index (χ1) is 32.9. The molecule has 0 spiro atoms. The Balaban J connectivity index is 0.720. The molecular weight excluding hydrogens is 878 g/mol. The van der Waals surface area contributed by atoms with Crippen LogP contribution in [0.25, 0.3) is 38.7 Å². The molecule has 0 bridgehead atoms. The number of hydrogen-bond donors (Lipinski definition) is 6. The number of phenolic OH excluding ortho intramolecular Hbond substituents is 1. The number of rotatable bonds is 17. The highest BCUT2D eigenvalue weighted by atomic mass is 35.5. The summed E-state index contributed by atoms with van der Waals surface area (Å²) in [6, 6.07) is 24.4. The molecule has 2 atom stereocenters. The topological polar surface area (TPSA) is 198 Å². The number of halogens is 1. The number of fused-ring (bicyclic) bond motifs is 2. The zero-order valence-corrected chi connectivity index (χ0v) is 39.4. The number of phenols is 1. The van der Waals surface area contributed by atoms with Crippen LogP contribution in [0.5, 0.6) is 11.5 Å². The van der Waals surface area contributed by atoms with Crippen LogP contribution in [0.15, 0.2) is 119 Å². The third-order valence-corrected chi connectivity index (χ3v) is 12.9. The predicted octanol–water partition coefficient (Wildman–Crippen LogP) is 8.58. The Morgan fingerprint density at radius 1 is 0.853 bits per heavy atom. The first-order valence-corrected chi connectivity index (χ1v) is 23.4. The van der Waals surface area contributed by atoms with E-state index in [-0.39, 0.29) is 47.7 Å². The van der Waals surface area contributed by atoms with Crippen LogP contribution in [-0.2, 0) is 18.3 Å². The van der Waals surface area contributed by atoms with Gasteiger partial charge in [-0.1, -0.05) is 68.6 Å². The number of nitrogen functional groups attached to an aromatic ring is 1. The molecule has 3 amide bonds. The molecule has 1 aliphatic carbocycles. The van der Waals surface area contributed by atoms with Gasteiger partial charge in [-0.2, -0.15) is 0 Å². The number of benzene rings is 3. The summed E-state index contributed by atoms with van der Waals surface area (Å²) < 4.78 is 8.27. The average Bonchev–Trinajstić information content (AvgIpc) is 3.92. The van der Waals surface area contributed by atoms with Gasteiger partial charge in [-0.3, -0.25) is 19.4 Å². The third-order valence-electron chi connectivity index (χ3n) is 12.5. The molecule has 1 aliphatic heterocycles. The van der Waals surface area contributed by atoms with E-state index in [9.17, 15) is 19.5 Å². The summed E-state index contributed by atoms with van der Waals surface area (Å²) in [5.74, 6) is 0.443. The fraction of sp³-hybridized carbons (Fsp3) is 0.283. The van der Waals surface area contributed by atoms with Crippen LogP contribution in [0.3, 0.4) is 0 Å². The van der Waals surface area contributed by atoms with Crippen LogP contribution >= 0.6 is 11.6 Å². The van der Waals surface area contributed by atoms with Gasteiger partial charge in [0.1, 0.15) is 29.1 Å². The van der Waals surface area contributed by atoms with Gasteiger partial charge < -0.3 is 41.4 Å². The van der Waals surface area contributed by atoms with Gasteiger partial charge >= 0.3 is 0 Å². The molecule has 8 rings (SSSR count). The van der Waals surface area contributed by atoms with Gasteiger partial charge in [0.25, 0.3) is 17.8 Å². The van der Waals surface area contributed by atoms with E-state index in [1.807, 2.05) is 51.4 Å². The number of allylic oxidation sites excluding steroid dienone is 2. The van der Waals surface area contributed by atoms with Crippen molar-refractivity contribution in [1.82, 2.24) is 35.8 Å². The number of pyridine rings is 2. The number of aliphatic imine (C=N–C) groups is 1. The molecule has 2 aliphatic rings. The van der Waals surface area contributed by atoms with E-state index in [2.05, 4.69) is 67.0 Å². The lowest BCUT2D eigenvalue weighted by Crippen LogP contribution is -2.34. The van der Waals surface area contributed by atoms with E-state index in [1.54, 1.807) is 48.8 Å². The van der Waals surface area contributed by atoms with E-state index in [4.69, 9.17) is 27.1 Å². The van der Waals surface area contributed by atoms with Crippen molar-refractivity contribution in [3.8, 4) is 33.8 Å². The van der Waals surface area contributed by atoms with E-state index in [0.717, 1.165) is 80.4 Å². The van der Waals surface area contributed by atoms with Crippen LogP contribution in [0.2, 0.25) is 0 Å². The van der Waals surface area contributed by atoms with Crippen molar-refractivity contribution in [3.63, 3.8) is 0 Å². The molecule has 7 N–H and O–H groups in total. The molecule has 3 aromatic carbocycles. The second-order valence-corrected chi connectivity index (χ2v) is 17.6. The Kier molecular flexibility index (Phi) is 14.5. The minimum absolute atomic E-state index is 0.00144. The number of nitrogens with one attached hydrogen (secondary N) is 4. The predicted molar refractivity (Wildman–Crippen MR) is 268 cm³/mol. The standard InChI is InChI=1S/C53H56ClN9O5/c1-5-39-41(30-60-50(55)48(39)33-12-16-37(64)17-13-33)36-14-19-43(59-29-36)52(67)58-24-23-56-46(65)10-8-6-7-9-22-57-51(66)40-27-38(18-11-31(40)2)68-53-61-44-28-42(54)47(32(3)49(44)62-53)35-15-20-45-34(26-35)21-25-63(45)4/h11-21,25-30,32,49,64H,5-10,22-24H2,1-4H3,(H2,55,60)(H,56,65)(H,57,66)(H,58,67)(H,61,62). The highest BCUT2D eigenvalue weighted by Crippen LogP contribution is 2.41. The number of ether oxygens (including phenoxy) is 1. The van der Waals surface area contributed by atoms with Gasteiger partial charge in [0.2, 0.25) is 5.91 Å². The van der Waals surface area contributed by atoms with Crippen LogP contribution < -0.4 is 31.7 Å². The third kappa shape index (κ3) is 10.6. The molecule has 6 aromatic rings. The molecule has 0 fully saturated rings. The number of amidine groups is 1. The Bertz CT molecular complexity index is 2960. The van der Waals surface area contributed by atoms with Gasteiger partial charge in [0, 0.05) is 101 Å². The number of carbonyl (C=O) groups excluding carboxylic acids is 3. The quantitative estimate of drug-likeness (QED) is 0.0485.